The fourth-order valence-electron chi connectivity index (χ4n) is 1.53. The molecule has 1 aromatic rings. The van der Waals surface area contributed by atoms with Gasteiger partial charge in [-0.25, -0.2) is 4.79 Å². The molecule has 0 saturated heterocycles. The van der Waals surface area contributed by atoms with Crippen molar-refractivity contribution in [2.75, 3.05) is 5.32 Å². The quantitative estimate of drug-likeness (QED) is 0.813. The number of anilines is 1. The molecule has 1 rings (SSSR count). The largest absolute Gasteiger partial charge is 0.323 e. The predicted octanol–water partition coefficient (Wildman–Crippen LogP) is 3.86. The fourth-order valence-corrected chi connectivity index (χ4v) is 1.53. The second-order valence-electron chi connectivity index (χ2n) is 4.15. The normalized spacial score (nSPS) is 10.8. The molecule has 92 valence electrons. The first-order valence-electron chi connectivity index (χ1n) is 5.96. The summed E-state index contributed by atoms with van der Waals surface area (Å²) in [5, 5.41) is 5.52. The van der Waals surface area contributed by atoms with E-state index in [2.05, 4.69) is 24.5 Å². The van der Waals surface area contributed by atoms with Crippen LogP contribution in [-0.2, 0) is 0 Å². The van der Waals surface area contributed by atoms with Crippen LogP contribution in [0.2, 0.25) is 0 Å². The summed E-state index contributed by atoms with van der Waals surface area (Å²) in [4.78, 5) is 11.6. The Kier molecular flexibility index (Phi) is 5.27. The topological polar surface area (TPSA) is 41.1 Å². The molecule has 0 bridgehead atoms. The van der Waals surface area contributed by atoms with Crippen LogP contribution in [0.5, 0.6) is 0 Å². The van der Waals surface area contributed by atoms with Gasteiger partial charge < -0.3 is 10.6 Å². The SMILES string of the molecule is CC/C=C/NC(=O)Nc1ccccc1C(C)C. The van der Waals surface area contributed by atoms with Crippen molar-refractivity contribution in [3.05, 3.63) is 42.1 Å². The van der Waals surface area contributed by atoms with Crippen molar-refractivity contribution < 1.29 is 4.79 Å². The second-order valence-corrected chi connectivity index (χ2v) is 4.15. The summed E-state index contributed by atoms with van der Waals surface area (Å²) in [6, 6.07) is 7.64. The minimum absolute atomic E-state index is 0.206. The van der Waals surface area contributed by atoms with Crippen LogP contribution < -0.4 is 10.6 Å². The van der Waals surface area contributed by atoms with Gasteiger partial charge in [0.05, 0.1) is 0 Å². The first kappa shape index (κ1) is 13.3. The monoisotopic (exact) mass is 232 g/mol. The summed E-state index contributed by atoms with van der Waals surface area (Å²) in [5.74, 6) is 0.387. The average molecular weight is 232 g/mol. The Morgan fingerprint density at radius 1 is 1.35 bits per heavy atom. The third kappa shape index (κ3) is 4.31. The molecule has 3 nitrogen and oxygen atoms in total. The molecular formula is C14H20N2O. The molecule has 2 N–H and O–H groups in total. The van der Waals surface area contributed by atoms with E-state index in [1.54, 1.807) is 6.20 Å². The first-order valence-corrected chi connectivity index (χ1v) is 5.96. The zero-order valence-electron chi connectivity index (χ0n) is 10.7. The Balaban J connectivity index is 2.68. The van der Waals surface area contributed by atoms with E-state index in [4.69, 9.17) is 0 Å². The van der Waals surface area contributed by atoms with Gasteiger partial charge in [0.1, 0.15) is 0 Å². The number of nitrogens with one attached hydrogen (secondary N) is 2. The van der Waals surface area contributed by atoms with Crippen LogP contribution in [0.4, 0.5) is 10.5 Å². The van der Waals surface area contributed by atoms with E-state index in [0.717, 1.165) is 17.7 Å². The van der Waals surface area contributed by atoms with Crippen molar-refractivity contribution >= 4 is 11.7 Å². The van der Waals surface area contributed by atoms with E-state index in [-0.39, 0.29) is 6.03 Å². The number of hydrogen-bond acceptors (Lipinski definition) is 1. The van der Waals surface area contributed by atoms with Gasteiger partial charge in [0.15, 0.2) is 0 Å². The van der Waals surface area contributed by atoms with E-state index in [1.165, 1.54) is 0 Å². The lowest BCUT2D eigenvalue weighted by Gasteiger charge is -2.13. The number of para-hydroxylation sites is 1. The number of urea groups is 1. The Morgan fingerprint density at radius 2 is 2.06 bits per heavy atom. The zero-order chi connectivity index (χ0) is 12.7. The number of benzene rings is 1. The predicted molar refractivity (Wildman–Crippen MR) is 72.1 cm³/mol. The maximum Gasteiger partial charge on any atom is 0.323 e. The summed E-state index contributed by atoms with van der Waals surface area (Å²) in [7, 11) is 0. The molecule has 0 unspecified atom stereocenters. The molecule has 0 aromatic heterocycles. The van der Waals surface area contributed by atoms with Gasteiger partial charge in [-0.3, -0.25) is 0 Å². The molecular weight excluding hydrogens is 212 g/mol. The van der Waals surface area contributed by atoms with E-state index in [1.807, 2.05) is 37.3 Å². The molecule has 0 fully saturated rings. The third-order valence-corrected chi connectivity index (χ3v) is 2.40. The van der Waals surface area contributed by atoms with Crippen LogP contribution in [0.15, 0.2) is 36.5 Å². The molecule has 17 heavy (non-hydrogen) atoms. The Bertz CT molecular complexity index is 397. The van der Waals surface area contributed by atoms with Gasteiger partial charge in [0.25, 0.3) is 0 Å². The molecule has 0 aliphatic rings. The fraction of sp³-hybridized carbons (Fsp3) is 0.357. The van der Waals surface area contributed by atoms with Crippen molar-refractivity contribution in [1.29, 1.82) is 0 Å². The van der Waals surface area contributed by atoms with E-state index < -0.39 is 0 Å². The van der Waals surface area contributed by atoms with Crippen LogP contribution in [0.25, 0.3) is 0 Å². The van der Waals surface area contributed by atoms with E-state index in [0.29, 0.717) is 5.92 Å². The molecule has 0 spiro atoms. The Labute approximate surface area is 103 Å². The van der Waals surface area contributed by atoms with Gasteiger partial charge in [-0.2, -0.15) is 0 Å². The van der Waals surface area contributed by atoms with Gasteiger partial charge >= 0.3 is 6.03 Å². The van der Waals surface area contributed by atoms with Crippen LogP contribution in [0, 0.1) is 0 Å². The van der Waals surface area contributed by atoms with Gasteiger partial charge in [-0.1, -0.05) is 45.0 Å². The van der Waals surface area contributed by atoms with Crippen LogP contribution in [0.1, 0.15) is 38.7 Å². The number of amides is 2. The van der Waals surface area contributed by atoms with Crippen LogP contribution >= 0.6 is 0 Å². The van der Waals surface area contributed by atoms with Gasteiger partial charge in [-0.05, 0) is 24.0 Å². The summed E-state index contributed by atoms with van der Waals surface area (Å²) in [5.41, 5.74) is 2.01. The molecule has 3 heteroatoms. The molecule has 0 heterocycles. The summed E-state index contributed by atoms with van der Waals surface area (Å²) in [6.45, 7) is 6.23. The third-order valence-electron chi connectivity index (χ3n) is 2.40. The highest BCUT2D eigenvalue weighted by atomic mass is 16.2. The summed E-state index contributed by atoms with van der Waals surface area (Å²) >= 11 is 0. The zero-order valence-corrected chi connectivity index (χ0v) is 10.7. The molecule has 0 saturated carbocycles. The van der Waals surface area contributed by atoms with Gasteiger partial charge in [0.2, 0.25) is 0 Å². The van der Waals surface area contributed by atoms with Crippen molar-refractivity contribution in [3.8, 4) is 0 Å². The number of rotatable bonds is 4. The minimum atomic E-state index is -0.206. The molecule has 0 aliphatic carbocycles. The highest BCUT2D eigenvalue weighted by molar-refractivity contribution is 5.90. The smallest absolute Gasteiger partial charge is 0.315 e. The number of hydrogen-bond donors (Lipinski definition) is 2. The molecule has 0 radical (unpaired) electrons. The number of carbonyl (C=O) groups is 1. The first-order chi connectivity index (χ1) is 8.15. The minimum Gasteiger partial charge on any atom is -0.315 e. The Morgan fingerprint density at radius 3 is 2.71 bits per heavy atom. The number of allylic oxidation sites excluding steroid dienone is 1. The van der Waals surface area contributed by atoms with Crippen molar-refractivity contribution in [2.24, 2.45) is 0 Å². The number of carbonyl (C=O) groups excluding carboxylic acids is 1. The van der Waals surface area contributed by atoms with Crippen molar-refractivity contribution in [3.63, 3.8) is 0 Å². The lowest BCUT2D eigenvalue weighted by Crippen LogP contribution is -2.24. The highest BCUT2D eigenvalue weighted by Crippen LogP contribution is 2.23. The highest BCUT2D eigenvalue weighted by Gasteiger charge is 2.07. The maximum atomic E-state index is 11.6. The maximum absolute atomic E-state index is 11.6. The standard InChI is InChI=1S/C14H20N2O/c1-4-5-10-15-14(17)16-13-9-7-6-8-12(13)11(2)3/h5-11H,4H2,1-3H3,(H2,15,16,17)/b10-5+. The van der Waals surface area contributed by atoms with Crippen LogP contribution in [-0.4, -0.2) is 6.03 Å². The lowest BCUT2D eigenvalue weighted by molar-refractivity contribution is 0.255. The average Bonchev–Trinajstić information content (AvgIpc) is 2.29. The second kappa shape index (κ2) is 6.74. The van der Waals surface area contributed by atoms with Gasteiger partial charge in [0, 0.05) is 11.9 Å². The Hall–Kier alpha value is -1.77. The van der Waals surface area contributed by atoms with Crippen LogP contribution in [0.3, 0.4) is 0 Å². The van der Waals surface area contributed by atoms with Crippen molar-refractivity contribution in [1.82, 2.24) is 5.32 Å². The lowest BCUT2D eigenvalue weighted by atomic mass is 10.0. The summed E-state index contributed by atoms with van der Waals surface area (Å²) in [6.07, 6.45) is 4.46. The molecule has 1 aromatic carbocycles. The van der Waals surface area contributed by atoms with E-state index in [9.17, 15) is 4.79 Å². The summed E-state index contributed by atoms with van der Waals surface area (Å²) < 4.78 is 0. The molecule has 0 atom stereocenters. The van der Waals surface area contributed by atoms with Crippen molar-refractivity contribution in [2.45, 2.75) is 33.1 Å². The van der Waals surface area contributed by atoms with Gasteiger partial charge in [-0.15, -0.1) is 0 Å². The molecule has 0 aliphatic heterocycles. The van der Waals surface area contributed by atoms with E-state index >= 15 is 0 Å². The molecule has 2 amide bonds.